The van der Waals surface area contributed by atoms with Crippen LogP contribution in [0.1, 0.15) is 11.1 Å². The highest BCUT2D eigenvalue weighted by Crippen LogP contribution is 2.62. The molecule has 26 heavy (non-hydrogen) atoms. The van der Waals surface area contributed by atoms with Gasteiger partial charge in [-0.3, -0.25) is 0 Å². The van der Waals surface area contributed by atoms with Gasteiger partial charge < -0.3 is 9.64 Å². The van der Waals surface area contributed by atoms with Crippen LogP contribution in [-0.2, 0) is 25.0 Å². The number of halogens is 1. The zero-order chi connectivity index (χ0) is 18.2. The van der Waals surface area contributed by atoms with Crippen LogP contribution in [0.2, 0.25) is 0 Å². The molecule has 0 spiro atoms. The molecule has 0 aromatic heterocycles. The van der Waals surface area contributed by atoms with Crippen LogP contribution in [0.4, 0.5) is 3.89 Å². The lowest BCUT2D eigenvalue weighted by Crippen LogP contribution is -2.37. The molecular formula is C19H18FNO4S. The molecule has 2 aliphatic rings. The van der Waals surface area contributed by atoms with Gasteiger partial charge in [-0.05, 0) is 11.1 Å². The van der Waals surface area contributed by atoms with Gasteiger partial charge in [0, 0.05) is 18.7 Å². The van der Waals surface area contributed by atoms with Crippen molar-refractivity contribution in [3.8, 4) is 0 Å². The average Bonchev–Trinajstić information content (AvgIpc) is 3.31. The zero-order valence-corrected chi connectivity index (χ0v) is 14.8. The highest BCUT2D eigenvalue weighted by atomic mass is 32.3. The van der Waals surface area contributed by atoms with E-state index in [1.54, 1.807) is 24.3 Å². The molecule has 1 saturated heterocycles. The maximum atomic E-state index is 13.7. The van der Waals surface area contributed by atoms with E-state index in [-0.39, 0.29) is 0 Å². The third kappa shape index (κ3) is 3.02. The minimum absolute atomic E-state index is 0.527. The summed E-state index contributed by atoms with van der Waals surface area (Å²) >= 11 is 0. The van der Waals surface area contributed by atoms with Gasteiger partial charge >= 0.3 is 10.5 Å². The standard InChI is InChI=1S/C19H18FNO4S/c20-26(22,23)25-19(16-9-5-2-6-10-16)17(15-7-3-1-4-8-15)18(19)21-11-13-24-14-12-21/h1-10H,11-14H2. The Kier molecular flexibility index (Phi) is 4.30. The monoisotopic (exact) mass is 375 g/mol. The molecule has 136 valence electrons. The number of hydrogen-bond acceptors (Lipinski definition) is 5. The first-order valence-electron chi connectivity index (χ1n) is 8.36. The molecule has 1 aliphatic heterocycles. The van der Waals surface area contributed by atoms with Crippen LogP contribution in [0.25, 0.3) is 5.57 Å². The highest BCUT2D eigenvalue weighted by molar-refractivity contribution is 7.81. The largest absolute Gasteiger partial charge is 0.439 e. The van der Waals surface area contributed by atoms with Gasteiger partial charge in [-0.2, -0.15) is 8.42 Å². The molecule has 0 N–H and O–H groups in total. The number of nitrogens with zero attached hydrogens (tertiary/aromatic N) is 1. The molecule has 0 amide bonds. The number of rotatable bonds is 5. The molecule has 7 heteroatoms. The molecule has 1 fully saturated rings. The van der Waals surface area contributed by atoms with E-state index in [1.165, 1.54) is 0 Å². The lowest BCUT2D eigenvalue weighted by Gasteiger charge is -2.30. The molecule has 5 nitrogen and oxygen atoms in total. The molecule has 4 rings (SSSR count). The summed E-state index contributed by atoms with van der Waals surface area (Å²) in [5.41, 5.74) is 1.31. The van der Waals surface area contributed by atoms with E-state index in [2.05, 4.69) is 0 Å². The normalized spacial score (nSPS) is 23.2. The average molecular weight is 375 g/mol. The summed E-state index contributed by atoms with van der Waals surface area (Å²) in [5, 5.41) is 0. The molecule has 1 unspecified atom stereocenters. The predicted molar refractivity (Wildman–Crippen MR) is 95.0 cm³/mol. The number of ether oxygens (including phenoxy) is 1. The molecule has 2 aromatic rings. The maximum absolute atomic E-state index is 13.7. The van der Waals surface area contributed by atoms with Gasteiger partial charge in [-0.1, -0.05) is 64.5 Å². The van der Waals surface area contributed by atoms with Crippen molar-refractivity contribution in [2.45, 2.75) is 5.60 Å². The van der Waals surface area contributed by atoms with Crippen molar-refractivity contribution in [3.05, 3.63) is 77.5 Å². The quantitative estimate of drug-likeness (QED) is 0.752. The summed E-state index contributed by atoms with van der Waals surface area (Å²) in [7, 11) is -5.18. The summed E-state index contributed by atoms with van der Waals surface area (Å²) in [6.45, 7) is 2.24. The summed E-state index contributed by atoms with van der Waals surface area (Å²) < 4.78 is 47.2. The fourth-order valence-corrected chi connectivity index (χ4v) is 4.15. The van der Waals surface area contributed by atoms with Crippen molar-refractivity contribution in [1.82, 2.24) is 4.90 Å². The van der Waals surface area contributed by atoms with Crippen molar-refractivity contribution >= 4 is 16.1 Å². The fraction of sp³-hybridized carbons (Fsp3) is 0.263. The van der Waals surface area contributed by atoms with E-state index in [9.17, 15) is 12.3 Å². The number of morpholine rings is 1. The van der Waals surface area contributed by atoms with Crippen LogP contribution in [0.3, 0.4) is 0 Å². The summed E-state index contributed by atoms with van der Waals surface area (Å²) in [5.74, 6) is 0. The van der Waals surface area contributed by atoms with Crippen molar-refractivity contribution in [2.75, 3.05) is 26.3 Å². The van der Waals surface area contributed by atoms with Gasteiger partial charge in [0.05, 0.1) is 18.9 Å². The Morgan fingerprint density at radius 3 is 2.12 bits per heavy atom. The van der Waals surface area contributed by atoms with Crippen molar-refractivity contribution in [2.24, 2.45) is 0 Å². The molecule has 1 heterocycles. The van der Waals surface area contributed by atoms with E-state index >= 15 is 0 Å². The first-order valence-corrected chi connectivity index (χ1v) is 9.67. The molecule has 0 bridgehead atoms. The Morgan fingerprint density at radius 2 is 1.54 bits per heavy atom. The number of hydrogen-bond donors (Lipinski definition) is 0. The Balaban J connectivity index is 1.86. The van der Waals surface area contributed by atoms with Crippen LogP contribution in [0.5, 0.6) is 0 Å². The fourth-order valence-electron chi connectivity index (χ4n) is 3.60. The van der Waals surface area contributed by atoms with Gasteiger partial charge in [0.2, 0.25) is 0 Å². The van der Waals surface area contributed by atoms with E-state index < -0.39 is 16.1 Å². The van der Waals surface area contributed by atoms with Crippen LogP contribution in [-0.4, -0.2) is 39.6 Å². The van der Waals surface area contributed by atoms with Gasteiger partial charge in [0.1, 0.15) is 0 Å². The molecule has 1 atom stereocenters. The van der Waals surface area contributed by atoms with E-state index in [4.69, 9.17) is 8.92 Å². The van der Waals surface area contributed by atoms with E-state index in [1.807, 2.05) is 41.3 Å². The summed E-state index contributed by atoms with van der Waals surface area (Å²) in [4.78, 5) is 2.02. The predicted octanol–water partition coefficient (Wildman–Crippen LogP) is 2.87. The molecule has 2 aromatic carbocycles. The third-order valence-corrected chi connectivity index (χ3v) is 5.10. The van der Waals surface area contributed by atoms with E-state index in [0.29, 0.717) is 43.1 Å². The number of benzene rings is 2. The van der Waals surface area contributed by atoms with Crippen molar-refractivity contribution in [1.29, 1.82) is 0 Å². The smallest absolute Gasteiger partial charge is 0.378 e. The summed E-state index contributed by atoms with van der Waals surface area (Å²) in [6.07, 6.45) is 0. The van der Waals surface area contributed by atoms with Crippen LogP contribution in [0.15, 0.2) is 66.4 Å². The highest BCUT2D eigenvalue weighted by Gasteiger charge is 2.62. The van der Waals surface area contributed by atoms with Crippen LogP contribution < -0.4 is 0 Å². The summed E-state index contributed by atoms with van der Waals surface area (Å²) in [6, 6.07) is 18.2. The van der Waals surface area contributed by atoms with Gasteiger partial charge in [-0.15, -0.1) is 0 Å². The Hall–Kier alpha value is -2.22. The van der Waals surface area contributed by atoms with Crippen LogP contribution >= 0.6 is 0 Å². The zero-order valence-electron chi connectivity index (χ0n) is 14.0. The third-order valence-electron chi connectivity index (χ3n) is 4.65. The Morgan fingerprint density at radius 1 is 0.962 bits per heavy atom. The minimum Gasteiger partial charge on any atom is -0.378 e. The van der Waals surface area contributed by atoms with Gasteiger partial charge in [-0.25, -0.2) is 4.18 Å². The second-order valence-electron chi connectivity index (χ2n) is 6.21. The topological polar surface area (TPSA) is 55.8 Å². The second-order valence-corrected chi connectivity index (χ2v) is 7.17. The Bertz CT molecular complexity index is 925. The molecule has 0 saturated carbocycles. The molecular weight excluding hydrogens is 357 g/mol. The van der Waals surface area contributed by atoms with Gasteiger partial charge in [0.25, 0.3) is 0 Å². The lowest BCUT2D eigenvalue weighted by atomic mass is 9.99. The van der Waals surface area contributed by atoms with Crippen LogP contribution in [0, 0.1) is 0 Å². The molecule has 1 aliphatic carbocycles. The van der Waals surface area contributed by atoms with E-state index in [0.717, 1.165) is 5.56 Å². The SMILES string of the molecule is O=S(=O)(F)OC1(c2ccccc2)C(c2ccccc2)=C1N1CCOCC1. The van der Waals surface area contributed by atoms with Crippen molar-refractivity contribution < 1.29 is 21.2 Å². The van der Waals surface area contributed by atoms with Crippen molar-refractivity contribution in [3.63, 3.8) is 0 Å². The lowest BCUT2D eigenvalue weighted by molar-refractivity contribution is 0.0448. The first-order chi connectivity index (χ1) is 12.5. The van der Waals surface area contributed by atoms with Gasteiger partial charge in [0.15, 0.2) is 5.60 Å². The Labute approximate surface area is 152 Å². The maximum Gasteiger partial charge on any atom is 0.439 e. The molecule has 0 radical (unpaired) electrons. The second kappa shape index (κ2) is 6.50. The minimum atomic E-state index is -5.18. The first kappa shape index (κ1) is 17.2.